The Morgan fingerprint density at radius 2 is 1.79 bits per heavy atom. The molecule has 0 saturated carbocycles. The predicted octanol–water partition coefficient (Wildman–Crippen LogP) is 5.44. The van der Waals surface area contributed by atoms with Crippen LogP contribution in [0.5, 0.6) is 5.75 Å². The number of allylic oxidation sites excluding steroid dienone is 2. The van der Waals surface area contributed by atoms with Crippen molar-refractivity contribution in [3.8, 4) is 5.75 Å². The third kappa shape index (κ3) is 4.15. The smallest absolute Gasteiger partial charge is 0.125 e. The van der Waals surface area contributed by atoms with Gasteiger partial charge in [-0.1, -0.05) is 48.6 Å². The Hall–Kier alpha value is -2.32. The molecule has 0 saturated heterocycles. The SMILES string of the molecule is CC=CC(c1cc(C)c(O)c(C=C(C)c2ccccc2)c1)N(C)C. The summed E-state index contributed by atoms with van der Waals surface area (Å²) in [6.07, 6.45) is 6.30. The lowest BCUT2D eigenvalue weighted by Crippen LogP contribution is -2.18. The van der Waals surface area contributed by atoms with Crippen molar-refractivity contribution in [3.05, 3.63) is 76.9 Å². The maximum atomic E-state index is 10.5. The molecule has 0 heterocycles. The largest absolute Gasteiger partial charge is 0.507 e. The Morgan fingerprint density at radius 1 is 1.12 bits per heavy atom. The molecule has 0 aliphatic rings. The quantitative estimate of drug-likeness (QED) is 0.585. The van der Waals surface area contributed by atoms with Gasteiger partial charge >= 0.3 is 0 Å². The summed E-state index contributed by atoms with van der Waals surface area (Å²) in [5.41, 5.74) is 5.24. The summed E-state index contributed by atoms with van der Waals surface area (Å²) in [6.45, 7) is 6.06. The van der Waals surface area contributed by atoms with Gasteiger partial charge < -0.3 is 5.11 Å². The first kappa shape index (κ1) is 18.0. The van der Waals surface area contributed by atoms with Crippen molar-refractivity contribution >= 4 is 11.6 Å². The van der Waals surface area contributed by atoms with E-state index in [1.807, 2.05) is 32.0 Å². The van der Waals surface area contributed by atoms with Crippen LogP contribution >= 0.6 is 0 Å². The number of nitrogens with zero attached hydrogens (tertiary/aromatic N) is 1. The summed E-state index contributed by atoms with van der Waals surface area (Å²) in [4.78, 5) is 2.17. The highest BCUT2D eigenvalue weighted by Crippen LogP contribution is 2.32. The number of aromatic hydroxyl groups is 1. The molecule has 0 aliphatic carbocycles. The first-order chi connectivity index (χ1) is 11.4. The Balaban J connectivity index is 2.51. The number of phenolic OH excluding ortho intramolecular Hbond substituents is 1. The van der Waals surface area contributed by atoms with E-state index < -0.39 is 0 Å². The number of hydrogen-bond acceptors (Lipinski definition) is 2. The number of likely N-dealkylation sites (N-methyl/N-ethyl adjacent to an activating group) is 1. The van der Waals surface area contributed by atoms with Crippen LogP contribution in [0.2, 0.25) is 0 Å². The van der Waals surface area contributed by atoms with E-state index in [-0.39, 0.29) is 6.04 Å². The Bertz CT molecular complexity index is 742. The predicted molar refractivity (Wildman–Crippen MR) is 104 cm³/mol. The van der Waals surface area contributed by atoms with Crippen molar-refractivity contribution in [2.45, 2.75) is 26.8 Å². The fourth-order valence-corrected chi connectivity index (χ4v) is 2.90. The van der Waals surface area contributed by atoms with Crippen LogP contribution in [0.3, 0.4) is 0 Å². The summed E-state index contributed by atoms with van der Waals surface area (Å²) in [5, 5.41) is 10.5. The van der Waals surface area contributed by atoms with Crippen molar-refractivity contribution in [2.24, 2.45) is 0 Å². The Kier molecular flexibility index (Phi) is 5.99. The van der Waals surface area contributed by atoms with Gasteiger partial charge in [0.15, 0.2) is 0 Å². The first-order valence-electron chi connectivity index (χ1n) is 8.30. The molecule has 2 rings (SSSR count). The molecule has 2 nitrogen and oxygen atoms in total. The van der Waals surface area contributed by atoms with Crippen molar-refractivity contribution in [1.29, 1.82) is 0 Å². The van der Waals surface area contributed by atoms with Crippen LogP contribution in [0.4, 0.5) is 0 Å². The highest BCUT2D eigenvalue weighted by molar-refractivity contribution is 5.82. The maximum absolute atomic E-state index is 10.5. The van der Waals surface area contributed by atoms with Crippen molar-refractivity contribution in [3.63, 3.8) is 0 Å². The minimum Gasteiger partial charge on any atom is -0.507 e. The fourth-order valence-electron chi connectivity index (χ4n) is 2.90. The first-order valence-corrected chi connectivity index (χ1v) is 8.30. The van der Waals surface area contributed by atoms with Gasteiger partial charge in [0.2, 0.25) is 0 Å². The lowest BCUT2D eigenvalue weighted by atomic mass is 9.96. The van der Waals surface area contributed by atoms with Crippen LogP contribution in [0, 0.1) is 6.92 Å². The maximum Gasteiger partial charge on any atom is 0.125 e. The van der Waals surface area contributed by atoms with Gasteiger partial charge in [-0.05, 0) is 69.3 Å². The molecular formula is C22H27NO. The third-order valence-electron chi connectivity index (χ3n) is 4.23. The van der Waals surface area contributed by atoms with Crippen molar-refractivity contribution in [1.82, 2.24) is 4.90 Å². The van der Waals surface area contributed by atoms with E-state index >= 15 is 0 Å². The van der Waals surface area contributed by atoms with Crippen LogP contribution in [-0.2, 0) is 0 Å². The van der Waals surface area contributed by atoms with Crippen LogP contribution in [0.25, 0.3) is 11.6 Å². The zero-order valence-corrected chi connectivity index (χ0v) is 15.2. The van der Waals surface area contributed by atoms with E-state index in [1.165, 1.54) is 5.56 Å². The average molecular weight is 321 g/mol. The van der Waals surface area contributed by atoms with Crippen LogP contribution in [0.1, 0.15) is 42.1 Å². The van der Waals surface area contributed by atoms with Gasteiger partial charge in [0, 0.05) is 5.56 Å². The molecule has 0 aromatic heterocycles. The van der Waals surface area contributed by atoms with E-state index in [1.54, 1.807) is 0 Å². The summed E-state index contributed by atoms with van der Waals surface area (Å²) in [5.74, 6) is 0.354. The van der Waals surface area contributed by atoms with Crippen molar-refractivity contribution < 1.29 is 5.11 Å². The normalized spacial score (nSPS) is 13.7. The molecule has 2 heteroatoms. The van der Waals surface area contributed by atoms with Gasteiger partial charge in [-0.25, -0.2) is 0 Å². The molecular weight excluding hydrogens is 294 g/mol. The second kappa shape index (κ2) is 7.98. The van der Waals surface area contributed by atoms with E-state index in [4.69, 9.17) is 0 Å². The molecule has 24 heavy (non-hydrogen) atoms. The summed E-state index contributed by atoms with van der Waals surface area (Å²) >= 11 is 0. The number of phenols is 1. The van der Waals surface area contributed by atoms with E-state index in [0.717, 1.165) is 22.3 Å². The summed E-state index contributed by atoms with van der Waals surface area (Å²) < 4.78 is 0. The lowest BCUT2D eigenvalue weighted by Gasteiger charge is -2.23. The number of benzene rings is 2. The molecule has 1 atom stereocenters. The molecule has 0 radical (unpaired) electrons. The molecule has 0 spiro atoms. The van der Waals surface area contributed by atoms with Gasteiger partial charge in [0.25, 0.3) is 0 Å². The van der Waals surface area contributed by atoms with Gasteiger partial charge in [-0.15, -0.1) is 0 Å². The molecule has 0 aliphatic heterocycles. The van der Waals surface area contributed by atoms with Gasteiger partial charge in [0.05, 0.1) is 6.04 Å². The summed E-state index contributed by atoms with van der Waals surface area (Å²) in [6, 6.07) is 14.6. The molecule has 0 fully saturated rings. The third-order valence-corrected chi connectivity index (χ3v) is 4.23. The standard InChI is InChI=1S/C22H27NO/c1-6-10-21(23(4)5)19-14-17(3)22(24)20(15-19)13-16(2)18-11-8-7-9-12-18/h6-15,21,24H,1-5H3. The fraction of sp³-hybridized carbons (Fsp3) is 0.273. The van der Waals surface area contributed by atoms with Gasteiger partial charge in [-0.2, -0.15) is 0 Å². The Morgan fingerprint density at radius 3 is 2.38 bits per heavy atom. The highest BCUT2D eigenvalue weighted by atomic mass is 16.3. The molecule has 126 valence electrons. The minimum absolute atomic E-state index is 0.193. The van der Waals surface area contributed by atoms with Gasteiger partial charge in [0.1, 0.15) is 5.75 Å². The average Bonchev–Trinajstić information content (AvgIpc) is 2.57. The van der Waals surface area contributed by atoms with E-state index in [0.29, 0.717) is 5.75 Å². The lowest BCUT2D eigenvalue weighted by molar-refractivity contribution is 0.350. The molecule has 2 aromatic rings. The molecule has 1 N–H and O–H groups in total. The highest BCUT2D eigenvalue weighted by Gasteiger charge is 2.14. The molecule has 2 aromatic carbocycles. The molecule has 1 unspecified atom stereocenters. The Labute approximate surface area is 145 Å². The minimum atomic E-state index is 0.193. The zero-order valence-electron chi connectivity index (χ0n) is 15.2. The second-order valence-corrected chi connectivity index (χ2v) is 6.40. The number of hydrogen-bond donors (Lipinski definition) is 1. The van der Waals surface area contributed by atoms with E-state index in [2.05, 4.69) is 68.4 Å². The summed E-state index contributed by atoms with van der Waals surface area (Å²) in [7, 11) is 4.13. The van der Waals surface area contributed by atoms with Crippen molar-refractivity contribution in [2.75, 3.05) is 14.1 Å². The second-order valence-electron chi connectivity index (χ2n) is 6.40. The van der Waals surface area contributed by atoms with Gasteiger partial charge in [-0.3, -0.25) is 4.90 Å². The number of aryl methyl sites for hydroxylation is 1. The molecule has 0 amide bonds. The van der Waals surface area contributed by atoms with Crippen LogP contribution in [0.15, 0.2) is 54.6 Å². The topological polar surface area (TPSA) is 23.5 Å². The van der Waals surface area contributed by atoms with Crippen LogP contribution < -0.4 is 0 Å². The zero-order chi connectivity index (χ0) is 17.7. The molecule has 0 bridgehead atoms. The monoisotopic (exact) mass is 321 g/mol. The van der Waals surface area contributed by atoms with Crippen LogP contribution in [-0.4, -0.2) is 24.1 Å². The number of rotatable bonds is 5. The van der Waals surface area contributed by atoms with E-state index in [9.17, 15) is 5.11 Å².